The van der Waals surface area contributed by atoms with Crippen LogP contribution in [0.2, 0.25) is 5.15 Å². The lowest BCUT2D eigenvalue weighted by Gasteiger charge is -2.40. The summed E-state index contributed by atoms with van der Waals surface area (Å²) in [7, 11) is 0. The quantitative estimate of drug-likeness (QED) is 0.231. The lowest BCUT2D eigenvalue weighted by atomic mass is 10.0. The molecule has 0 unspecified atom stereocenters. The lowest BCUT2D eigenvalue weighted by molar-refractivity contribution is -0.137. The third-order valence-electron chi connectivity index (χ3n) is 7.29. The number of carboxylic acids is 1. The zero-order chi connectivity index (χ0) is 28.4. The molecular formula is C28H40ClN5O4S. The number of urea groups is 1. The minimum Gasteiger partial charge on any atom is -0.481 e. The van der Waals surface area contributed by atoms with Crippen LogP contribution in [0.3, 0.4) is 0 Å². The molecule has 1 atom stereocenters. The molecule has 3 amide bonds. The zero-order valence-electron chi connectivity index (χ0n) is 23.0. The Labute approximate surface area is 239 Å². The maximum Gasteiger partial charge on any atom is 0.317 e. The van der Waals surface area contributed by atoms with Gasteiger partial charge in [-0.1, -0.05) is 11.6 Å². The summed E-state index contributed by atoms with van der Waals surface area (Å²) in [6.07, 6.45) is 3.89. The summed E-state index contributed by atoms with van der Waals surface area (Å²) in [6, 6.07) is 4.10. The minimum atomic E-state index is -0.812. The van der Waals surface area contributed by atoms with Crippen LogP contribution < -0.4 is 10.6 Å². The number of carboxylic acid groups (broad SMARTS) is 1. The van der Waals surface area contributed by atoms with Crippen LogP contribution in [0.15, 0.2) is 22.9 Å². The molecule has 3 rings (SSSR count). The van der Waals surface area contributed by atoms with Crippen molar-refractivity contribution in [1.29, 1.82) is 0 Å². The van der Waals surface area contributed by atoms with Gasteiger partial charge in [-0.3, -0.25) is 9.59 Å². The van der Waals surface area contributed by atoms with Crippen LogP contribution in [0.5, 0.6) is 0 Å². The summed E-state index contributed by atoms with van der Waals surface area (Å²) in [5.41, 5.74) is 3.15. The Bertz CT molecular complexity index is 1080. The van der Waals surface area contributed by atoms with Crippen molar-refractivity contribution in [2.75, 3.05) is 26.2 Å². The van der Waals surface area contributed by atoms with Crippen molar-refractivity contribution in [3.05, 3.63) is 50.4 Å². The number of halogens is 1. The van der Waals surface area contributed by atoms with Crippen LogP contribution >= 0.6 is 22.9 Å². The van der Waals surface area contributed by atoms with Crippen molar-refractivity contribution < 1.29 is 19.5 Å². The minimum absolute atomic E-state index is 0.0898. The summed E-state index contributed by atoms with van der Waals surface area (Å²) in [5, 5.41) is 19.3. The molecule has 11 heteroatoms. The molecule has 3 N–H and O–H groups in total. The number of piperidine rings is 1. The molecule has 0 aliphatic carbocycles. The third kappa shape index (κ3) is 9.47. The molecule has 39 heavy (non-hydrogen) atoms. The van der Waals surface area contributed by atoms with Gasteiger partial charge < -0.3 is 25.5 Å². The first kappa shape index (κ1) is 30.8. The Morgan fingerprint density at radius 2 is 1.95 bits per heavy atom. The number of carbonyl (C=O) groups excluding carboxylic acids is 2. The molecule has 0 bridgehead atoms. The number of nitrogens with one attached hydrogen (secondary N) is 2. The number of hydrogen-bond donors (Lipinski definition) is 3. The highest BCUT2D eigenvalue weighted by Crippen LogP contribution is 2.22. The molecule has 1 aliphatic heterocycles. The first-order valence-electron chi connectivity index (χ1n) is 13.6. The summed E-state index contributed by atoms with van der Waals surface area (Å²) >= 11 is 7.61. The van der Waals surface area contributed by atoms with E-state index in [1.807, 2.05) is 23.3 Å². The largest absolute Gasteiger partial charge is 0.481 e. The van der Waals surface area contributed by atoms with Gasteiger partial charge in [-0.15, -0.1) is 0 Å². The molecular weight excluding hydrogens is 538 g/mol. The van der Waals surface area contributed by atoms with Gasteiger partial charge in [-0.25, -0.2) is 9.78 Å². The molecule has 2 aromatic rings. The van der Waals surface area contributed by atoms with E-state index in [1.165, 1.54) is 0 Å². The van der Waals surface area contributed by atoms with Crippen LogP contribution in [-0.2, 0) is 11.3 Å². The van der Waals surface area contributed by atoms with E-state index < -0.39 is 5.97 Å². The number of thiophene rings is 1. The maximum absolute atomic E-state index is 13.1. The fourth-order valence-corrected chi connectivity index (χ4v) is 6.03. The number of unbranched alkanes of at least 4 members (excludes halogenated alkanes) is 1. The lowest BCUT2D eigenvalue weighted by Crippen LogP contribution is -2.52. The van der Waals surface area contributed by atoms with Crippen LogP contribution in [0, 0.1) is 13.8 Å². The van der Waals surface area contributed by atoms with Crippen molar-refractivity contribution in [1.82, 2.24) is 25.4 Å². The van der Waals surface area contributed by atoms with E-state index in [4.69, 9.17) is 16.7 Å². The van der Waals surface area contributed by atoms with E-state index in [0.717, 1.165) is 43.5 Å². The number of hydrogen-bond acceptors (Lipinski definition) is 6. The van der Waals surface area contributed by atoms with Gasteiger partial charge in [0.05, 0.1) is 11.3 Å². The number of aromatic nitrogens is 1. The van der Waals surface area contributed by atoms with Crippen molar-refractivity contribution >= 4 is 40.8 Å². The molecule has 9 nitrogen and oxygen atoms in total. The predicted molar refractivity (Wildman–Crippen MR) is 154 cm³/mol. The molecule has 1 saturated heterocycles. The van der Waals surface area contributed by atoms with Crippen LogP contribution in [0.1, 0.15) is 72.6 Å². The Morgan fingerprint density at radius 3 is 2.59 bits per heavy atom. The number of rotatable bonds is 13. The normalized spacial score (nSPS) is 15.1. The number of nitrogens with zero attached hydrogens (tertiary/aromatic N) is 3. The zero-order valence-corrected chi connectivity index (χ0v) is 24.6. The Morgan fingerprint density at radius 1 is 1.21 bits per heavy atom. The van der Waals surface area contributed by atoms with E-state index in [9.17, 15) is 14.4 Å². The fourth-order valence-electron chi connectivity index (χ4n) is 5.08. The Balaban J connectivity index is 1.47. The number of pyridine rings is 1. The van der Waals surface area contributed by atoms with Crippen LogP contribution in [0.25, 0.3) is 0 Å². The SMILES string of the molecule is Cc1cc(Cl)nc(C)c1C(=O)NCC[C@@H](C)N1CCC(N(Cc2ccsc2)C(=O)NCCCCC(=O)O)CC1. The molecule has 1 fully saturated rings. The second kappa shape index (κ2) is 15.2. The topological polar surface area (TPSA) is 115 Å². The first-order valence-corrected chi connectivity index (χ1v) is 14.9. The summed E-state index contributed by atoms with van der Waals surface area (Å²) in [4.78, 5) is 45.1. The number of amides is 3. The predicted octanol–water partition coefficient (Wildman–Crippen LogP) is 4.85. The van der Waals surface area contributed by atoms with E-state index in [-0.39, 0.29) is 24.4 Å². The van der Waals surface area contributed by atoms with Gasteiger partial charge in [0.2, 0.25) is 0 Å². The highest BCUT2D eigenvalue weighted by molar-refractivity contribution is 7.07. The average molecular weight is 578 g/mol. The van der Waals surface area contributed by atoms with Crippen molar-refractivity contribution in [2.24, 2.45) is 0 Å². The van der Waals surface area contributed by atoms with E-state index in [0.29, 0.717) is 54.9 Å². The monoisotopic (exact) mass is 577 g/mol. The molecule has 2 aromatic heterocycles. The molecule has 214 valence electrons. The average Bonchev–Trinajstić information content (AvgIpc) is 3.39. The highest BCUT2D eigenvalue weighted by atomic mass is 35.5. The van der Waals surface area contributed by atoms with Gasteiger partial charge >= 0.3 is 12.0 Å². The Kier molecular flexibility index (Phi) is 12.0. The smallest absolute Gasteiger partial charge is 0.317 e. The number of aryl methyl sites for hydroxylation is 2. The van der Waals surface area contributed by atoms with E-state index in [1.54, 1.807) is 24.3 Å². The standard InChI is InChI=1S/C28H40ClN5O4S/c1-19-16-24(29)32-21(3)26(19)27(37)30-12-7-20(2)33-13-8-23(9-14-33)34(17-22-10-15-39-18-22)28(38)31-11-5-4-6-25(35)36/h10,15-16,18,20,23H,4-9,11-14,17H2,1-3H3,(H,30,37)(H,31,38)(H,35,36)/t20-/m1/s1. The molecule has 3 heterocycles. The molecule has 0 spiro atoms. The van der Waals surface area contributed by atoms with Gasteiger partial charge in [0.1, 0.15) is 5.15 Å². The first-order chi connectivity index (χ1) is 18.7. The third-order valence-corrected chi connectivity index (χ3v) is 8.22. The van der Waals surface area contributed by atoms with E-state index >= 15 is 0 Å². The number of aliphatic carboxylic acids is 1. The van der Waals surface area contributed by atoms with Gasteiger partial charge in [0.25, 0.3) is 5.91 Å². The highest BCUT2D eigenvalue weighted by Gasteiger charge is 2.29. The van der Waals surface area contributed by atoms with Gasteiger partial charge in [0.15, 0.2) is 0 Å². The van der Waals surface area contributed by atoms with Crippen LogP contribution in [-0.4, -0.2) is 76.1 Å². The molecule has 1 aliphatic rings. The number of likely N-dealkylation sites (tertiary alicyclic amines) is 1. The van der Waals surface area contributed by atoms with Crippen molar-refractivity contribution in [2.45, 2.75) is 77.9 Å². The second-order valence-electron chi connectivity index (χ2n) is 10.2. The van der Waals surface area contributed by atoms with Crippen molar-refractivity contribution in [3.63, 3.8) is 0 Å². The Hall–Kier alpha value is -2.69. The fraction of sp³-hybridized carbons (Fsp3) is 0.571. The van der Waals surface area contributed by atoms with Crippen molar-refractivity contribution in [3.8, 4) is 0 Å². The van der Waals surface area contributed by atoms with Gasteiger partial charge in [-0.05, 0) is 86.9 Å². The summed E-state index contributed by atoms with van der Waals surface area (Å²) in [6.45, 7) is 9.20. The van der Waals surface area contributed by atoms with E-state index in [2.05, 4.69) is 32.8 Å². The van der Waals surface area contributed by atoms with Gasteiger partial charge in [-0.2, -0.15) is 11.3 Å². The number of carbonyl (C=O) groups is 3. The second-order valence-corrected chi connectivity index (χ2v) is 11.4. The molecule has 0 aromatic carbocycles. The summed E-state index contributed by atoms with van der Waals surface area (Å²) < 4.78 is 0. The summed E-state index contributed by atoms with van der Waals surface area (Å²) in [5.74, 6) is -0.939. The maximum atomic E-state index is 13.1. The molecule has 0 radical (unpaired) electrons. The van der Waals surface area contributed by atoms with Crippen LogP contribution in [0.4, 0.5) is 4.79 Å². The van der Waals surface area contributed by atoms with Gasteiger partial charge in [0, 0.05) is 51.2 Å². The molecule has 0 saturated carbocycles.